The summed E-state index contributed by atoms with van der Waals surface area (Å²) in [5.74, 6) is -0.735. The number of rotatable bonds is 6. The Morgan fingerprint density at radius 1 is 1.18 bits per heavy atom. The van der Waals surface area contributed by atoms with Crippen molar-refractivity contribution in [1.82, 2.24) is 29.9 Å². The van der Waals surface area contributed by atoms with E-state index in [0.717, 1.165) is 43.4 Å². The van der Waals surface area contributed by atoms with E-state index in [1.807, 2.05) is 9.58 Å². The van der Waals surface area contributed by atoms with E-state index in [1.165, 1.54) is 13.2 Å². The summed E-state index contributed by atoms with van der Waals surface area (Å²) in [6.45, 7) is 1.23. The van der Waals surface area contributed by atoms with Gasteiger partial charge in [-0.3, -0.25) is 19.4 Å². The van der Waals surface area contributed by atoms with Crippen molar-refractivity contribution in [2.24, 2.45) is 5.92 Å². The van der Waals surface area contributed by atoms with Crippen molar-refractivity contribution in [2.45, 2.75) is 56.7 Å². The Bertz CT molecular complexity index is 1380. The molecule has 5 heterocycles. The zero-order valence-electron chi connectivity index (χ0n) is 21.4. The summed E-state index contributed by atoms with van der Waals surface area (Å²) in [7, 11) is 3.15. The van der Waals surface area contributed by atoms with E-state index >= 15 is 0 Å². The predicted molar refractivity (Wildman–Crippen MR) is 134 cm³/mol. The molecule has 3 aromatic rings. The molecule has 0 bridgehead atoms. The molecule has 6 rings (SSSR count). The fraction of sp³-hybridized carbons (Fsp3) is 0.500. The first-order valence-corrected chi connectivity index (χ1v) is 12.9. The molecule has 2 fully saturated rings. The number of fused-ring (bicyclic) bond motifs is 1. The van der Waals surface area contributed by atoms with E-state index in [4.69, 9.17) is 9.47 Å². The van der Waals surface area contributed by atoms with Gasteiger partial charge in [-0.25, -0.2) is 9.37 Å². The highest BCUT2D eigenvalue weighted by atomic mass is 19.1. The van der Waals surface area contributed by atoms with Crippen molar-refractivity contribution in [3.05, 3.63) is 41.7 Å². The van der Waals surface area contributed by atoms with Crippen LogP contribution in [0.3, 0.4) is 0 Å². The number of nitrogens with one attached hydrogen (secondary N) is 2. The zero-order valence-corrected chi connectivity index (χ0v) is 21.4. The van der Waals surface area contributed by atoms with Gasteiger partial charge in [-0.1, -0.05) is 0 Å². The van der Waals surface area contributed by atoms with E-state index in [2.05, 4.69) is 25.6 Å². The van der Waals surface area contributed by atoms with Gasteiger partial charge in [0.2, 0.25) is 11.8 Å². The molecule has 1 spiro atoms. The number of amides is 2. The number of carbonyl (C=O) groups is 2. The molecule has 0 aromatic carbocycles. The lowest BCUT2D eigenvalue weighted by atomic mass is 9.87. The second kappa shape index (κ2) is 9.50. The summed E-state index contributed by atoms with van der Waals surface area (Å²) in [5, 5.41) is 14.4. The SMILES string of the molecule is COc1cc(-c2cc(C(=O)N3CC[C@H](C(=O)Nc4cnn5c4CC(OC)CC5)CC34CC4)[nH]n2)c(F)cn1. The summed E-state index contributed by atoms with van der Waals surface area (Å²) in [6.07, 6.45) is 7.37. The van der Waals surface area contributed by atoms with E-state index in [1.54, 1.807) is 19.4 Å². The van der Waals surface area contributed by atoms with Gasteiger partial charge in [0.15, 0.2) is 5.82 Å². The summed E-state index contributed by atoms with van der Waals surface area (Å²) in [4.78, 5) is 32.4. The van der Waals surface area contributed by atoms with Gasteiger partial charge in [0.25, 0.3) is 5.91 Å². The minimum atomic E-state index is -0.556. The number of nitrogens with zero attached hydrogens (tertiary/aromatic N) is 5. The molecule has 200 valence electrons. The maximum atomic E-state index is 14.4. The van der Waals surface area contributed by atoms with Crippen LogP contribution in [-0.4, -0.2) is 74.1 Å². The van der Waals surface area contributed by atoms with Crippen LogP contribution in [-0.2, 0) is 22.5 Å². The van der Waals surface area contributed by atoms with Crippen LogP contribution < -0.4 is 10.1 Å². The van der Waals surface area contributed by atoms with E-state index in [-0.39, 0.29) is 46.5 Å². The Morgan fingerprint density at radius 3 is 2.79 bits per heavy atom. The van der Waals surface area contributed by atoms with Crippen molar-refractivity contribution in [1.29, 1.82) is 0 Å². The molecule has 11 nitrogen and oxygen atoms in total. The summed E-state index contributed by atoms with van der Waals surface area (Å²) in [6, 6.07) is 2.99. The van der Waals surface area contributed by atoms with Crippen LogP contribution in [0.5, 0.6) is 5.88 Å². The average Bonchev–Trinajstić information content (AvgIpc) is 3.34. The molecule has 3 aliphatic rings. The fourth-order valence-corrected chi connectivity index (χ4v) is 5.74. The fourth-order valence-electron chi connectivity index (χ4n) is 5.74. The van der Waals surface area contributed by atoms with Gasteiger partial charge in [-0.05, 0) is 38.2 Å². The lowest BCUT2D eigenvalue weighted by Crippen LogP contribution is -2.50. The monoisotopic (exact) mass is 523 g/mol. The number of anilines is 1. The predicted octanol–water partition coefficient (Wildman–Crippen LogP) is 2.80. The van der Waals surface area contributed by atoms with Crippen LogP contribution in [0, 0.1) is 11.7 Å². The lowest BCUT2D eigenvalue weighted by Gasteiger charge is -2.39. The van der Waals surface area contributed by atoms with Crippen molar-refractivity contribution in [3.8, 4) is 17.1 Å². The Balaban J connectivity index is 1.13. The van der Waals surface area contributed by atoms with Crippen LogP contribution in [0.25, 0.3) is 11.3 Å². The number of pyridine rings is 1. The summed E-state index contributed by atoms with van der Waals surface area (Å²) in [5.41, 5.74) is 2.17. The molecule has 2 aliphatic heterocycles. The lowest BCUT2D eigenvalue weighted by molar-refractivity contribution is -0.122. The quantitative estimate of drug-likeness (QED) is 0.509. The molecular weight excluding hydrogens is 493 g/mol. The Kier molecular flexibility index (Phi) is 6.13. The highest BCUT2D eigenvalue weighted by Gasteiger charge is 2.54. The molecule has 1 aliphatic carbocycles. The molecule has 2 atom stereocenters. The van der Waals surface area contributed by atoms with Crippen molar-refractivity contribution in [2.75, 3.05) is 26.1 Å². The Hall–Kier alpha value is -3.80. The molecular formula is C26H30FN7O4. The number of likely N-dealkylation sites (tertiary alicyclic amines) is 1. The zero-order chi connectivity index (χ0) is 26.4. The number of aryl methyl sites for hydroxylation is 1. The van der Waals surface area contributed by atoms with Crippen LogP contribution >= 0.6 is 0 Å². The van der Waals surface area contributed by atoms with Gasteiger partial charge in [0.05, 0.1) is 42.7 Å². The van der Waals surface area contributed by atoms with E-state index in [9.17, 15) is 14.0 Å². The molecule has 1 unspecified atom stereocenters. The number of H-pyrrole nitrogens is 1. The molecule has 38 heavy (non-hydrogen) atoms. The number of hydrogen-bond acceptors (Lipinski definition) is 7. The number of aromatic nitrogens is 5. The van der Waals surface area contributed by atoms with Crippen LogP contribution in [0.1, 0.15) is 48.3 Å². The Morgan fingerprint density at radius 2 is 2.03 bits per heavy atom. The minimum absolute atomic E-state index is 0.0374. The largest absolute Gasteiger partial charge is 0.481 e. The second-order valence-corrected chi connectivity index (χ2v) is 10.3. The van der Waals surface area contributed by atoms with Crippen LogP contribution in [0.2, 0.25) is 0 Å². The first-order chi connectivity index (χ1) is 18.4. The first-order valence-electron chi connectivity index (χ1n) is 12.9. The maximum Gasteiger partial charge on any atom is 0.272 e. The number of methoxy groups -OCH3 is 2. The van der Waals surface area contributed by atoms with Gasteiger partial charge < -0.3 is 19.7 Å². The average molecular weight is 524 g/mol. The third-order valence-electron chi connectivity index (χ3n) is 8.09. The third-order valence-corrected chi connectivity index (χ3v) is 8.09. The summed E-state index contributed by atoms with van der Waals surface area (Å²) >= 11 is 0. The van der Waals surface area contributed by atoms with E-state index < -0.39 is 5.82 Å². The molecule has 0 radical (unpaired) electrons. The van der Waals surface area contributed by atoms with Crippen LogP contribution in [0.15, 0.2) is 24.5 Å². The van der Waals surface area contributed by atoms with E-state index in [0.29, 0.717) is 31.5 Å². The smallest absolute Gasteiger partial charge is 0.272 e. The molecule has 1 saturated heterocycles. The molecule has 2 N–H and O–H groups in total. The van der Waals surface area contributed by atoms with Crippen LogP contribution in [0.4, 0.5) is 10.1 Å². The molecule has 3 aromatic heterocycles. The number of aromatic amines is 1. The topological polar surface area (TPSA) is 127 Å². The number of hydrogen-bond donors (Lipinski definition) is 2. The highest BCUT2D eigenvalue weighted by Crippen LogP contribution is 2.50. The molecule has 12 heteroatoms. The number of halogens is 1. The number of ether oxygens (including phenoxy) is 2. The highest BCUT2D eigenvalue weighted by molar-refractivity contribution is 5.96. The number of piperidine rings is 1. The third kappa shape index (κ3) is 4.32. The normalized spacial score (nSPS) is 21.7. The van der Waals surface area contributed by atoms with Gasteiger partial charge >= 0.3 is 0 Å². The minimum Gasteiger partial charge on any atom is -0.481 e. The number of carbonyl (C=O) groups excluding carboxylic acids is 2. The van der Waals surface area contributed by atoms with Crippen molar-refractivity contribution in [3.63, 3.8) is 0 Å². The maximum absolute atomic E-state index is 14.4. The van der Waals surface area contributed by atoms with Gasteiger partial charge in [-0.15, -0.1) is 0 Å². The first kappa shape index (κ1) is 24.5. The van der Waals surface area contributed by atoms with Crippen molar-refractivity contribution >= 4 is 17.5 Å². The van der Waals surface area contributed by atoms with Gasteiger partial charge in [-0.2, -0.15) is 10.2 Å². The van der Waals surface area contributed by atoms with Gasteiger partial charge in [0, 0.05) is 49.7 Å². The molecule has 1 saturated carbocycles. The molecule has 2 amide bonds. The summed E-state index contributed by atoms with van der Waals surface area (Å²) < 4.78 is 26.9. The van der Waals surface area contributed by atoms with Crippen molar-refractivity contribution < 1.29 is 23.5 Å². The Labute approximate surface area is 218 Å². The van der Waals surface area contributed by atoms with Gasteiger partial charge in [0.1, 0.15) is 5.69 Å². The standard InChI is InChI=1S/C26H30FN7O4/c1-37-16-4-8-34-22(9-16)21(14-29-34)30-24(35)15-3-7-33(26(12-15)5-6-26)25(36)20-11-19(31-32-20)17-10-23(38-2)28-13-18(17)27/h10-11,13-16H,3-9,12H2,1-2H3,(H,30,35)(H,31,32)/t15-,16?/m0/s1. The second-order valence-electron chi connectivity index (χ2n) is 10.3.